The van der Waals surface area contributed by atoms with Gasteiger partial charge in [0.25, 0.3) is 0 Å². The number of rotatable bonds is 1. The van der Waals surface area contributed by atoms with Gasteiger partial charge in [0.1, 0.15) is 0 Å². The molecule has 0 aromatic carbocycles. The summed E-state index contributed by atoms with van der Waals surface area (Å²) >= 11 is 0. The van der Waals surface area contributed by atoms with Crippen molar-refractivity contribution in [1.29, 1.82) is 0 Å². The first-order chi connectivity index (χ1) is 6.33. The van der Waals surface area contributed by atoms with Crippen molar-refractivity contribution in [2.75, 3.05) is 6.54 Å². The van der Waals surface area contributed by atoms with Crippen LogP contribution >= 0.6 is 0 Å². The van der Waals surface area contributed by atoms with Gasteiger partial charge in [-0.3, -0.25) is 4.79 Å². The summed E-state index contributed by atoms with van der Waals surface area (Å²) in [6.07, 6.45) is 9.29. The van der Waals surface area contributed by atoms with E-state index < -0.39 is 0 Å². The van der Waals surface area contributed by atoms with Gasteiger partial charge in [0.15, 0.2) is 0 Å². The van der Waals surface area contributed by atoms with Crippen LogP contribution in [-0.4, -0.2) is 23.4 Å². The lowest BCUT2D eigenvalue weighted by Crippen LogP contribution is -2.32. The fraction of sp³-hybridized carbons (Fsp3) is 0.545. The molecular weight excluding hydrogens is 162 g/mol. The summed E-state index contributed by atoms with van der Waals surface area (Å²) in [7, 11) is 0. The first kappa shape index (κ1) is 8.54. The van der Waals surface area contributed by atoms with E-state index in [1.807, 2.05) is 4.90 Å². The molecular formula is C11H15NO. The van der Waals surface area contributed by atoms with Crippen LogP contribution in [0.15, 0.2) is 24.8 Å². The third-order valence-corrected chi connectivity index (χ3v) is 2.91. The van der Waals surface area contributed by atoms with Crippen LogP contribution in [0.4, 0.5) is 0 Å². The topological polar surface area (TPSA) is 20.3 Å². The number of allylic oxidation sites excluding steroid dienone is 1. The Kier molecular flexibility index (Phi) is 2.21. The molecule has 2 aliphatic rings. The maximum atomic E-state index is 11.7. The third-order valence-electron chi connectivity index (χ3n) is 2.91. The van der Waals surface area contributed by atoms with Gasteiger partial charge in [-0.1, -0.05) is 18.2 Å². The lowest BCUT2D eigenvalue weighted by molar-refractivity contribution is -0.130. The molecule has 0 aromatic heterocycles. The standard InChI is InChI=1S/C11H15NO/c1-2-9-8-10-6-4-3-5-7-12(10)11(9)13/h2,4,6,9-10H,1,3,5,7-8H2/t9-,10+/m0/s1. The Morgan fingerprint density at radius 2 is 2.46 bits per heavy atom. The number of fused-ring (bicyclic) bond motifs is 1. The van der Waals surface area contributed by atoms with E-state index in [1.165, 1.54) is 0 Å². The number of hydrogen-bond donors (Lipinski definition) is 0. The predicted molar refractivity (Wildman–Crippen MR) is 52.2 cm³/mol. The van der Waals surface area contributed by atoms with Gasteiger partial charge >= 0.3 is 0 Å². The molecule has 0 saturated carbocycles. The quantitative estimate of drug-likeness (QED) is 0.559. The van der Waals surface area contributed by atoms with Crippen LogP contribution in [0.3, 0.4) is 0 Å². The van der Waals surface area contributed by atoms with Crippen molar-refractivity contribution in [3.05, 3.63) is 24.8 Å². The van der Waals surface area contributed by atoms with Crippen molar-refractivity contribution in [2.45, 2.75) is 25.3 Å². The van der Waals surface area contributed by atoms with Gasteiger partial charge in [-0.15, -0.1) is 6.58 Å². The summed E-state index contributed by atoms with van der Waals surface area (Å²) in [6, 6.07) is 0.345. The van der Waals surface area contributed by atoms with Gasteiger partial charge in [-0.25, -0.2) is 0 Å². The predicted octanol–water partition coefficient (Wildman–Crippen LogP) is 1.74. The maximum Gasteiger partial charge on any atom is 0.230 e. The molecule has 0 aliphatic carbocycles. The molecule has 2 atom stereocenters. The third kappa shape index (κ3) is 1.41. The number of carbonyl (C=O) groups is 1. The Morgan fingerprint density at radius 3 is 3.23 bits per heavy atom. The molecule has 2 rings (SSSR count). The second-order valence-electron chi connectivity index (χ2n) is 3.75. The molecule has 0 aromatic rings. The van der Waals surface area contributed by atoms with Crippen molar-refractivity contribution in [2.24, 2.45) is 5.92 Å². The fourth-order valence-electron chi connectivity index (χ4n) is 2.15. The Morgan fingerprint density at radius 1 is 1.62 bits per heavy atom. The van der Waals surface area contributed by atoms with Crippen LogP contribution in [0, 0.1) is 5.92 Å². The van der Waals surface area contributed by atoms with E-state index >= 15 is 0 Å². The normalized spacial score (nSPS) is 32.9. The zero-order valence-corrected chi connectivity index (χ0v) is 7.78. The van der Waals surface area contributed by atoms with Gasteiger partial charge in [-0.2, -0.15) is 0 Å². The van der Waals surface area contributed by atoms with E-state index in [-0.39, 0.29) is 11.8 Å². The van der Waals surface area contributed by atoms with Crippen molar-refractivity contribution < 1.29 is 4.79 Å². The minimum atomic E-state index is 0.0627. The Balaban J connectivity index is 2.18. The lowest BCUT2D eigenvalue weighted by Gasteiger charge is -2.19. The number of amides is 1. The first-order valence-electron chi connectivity index (χ1n) is 4.92. The van der Waals surface area contributed by atoms with Crippen LogP contribution in [-0.2, 0) is 4.79 Å². The molecule has 0 N–H and O–H groups in total. The Labute approximate surface area is 78.9 Å². The van der Waals surface area contributed by atoms with Gasteiger partial charge in [0.2, 0.25) is 5.91 Å². The minimum absolute atomic E-state index is 0.0627. The molecule has 1 amide bonds. The van der Waals surface area contributed by atoms with Gasteiger partial charge < -0.3 is 4.90 Å². The molecule has 1 fully saturated rings. The SMILES string of the molecule is C=C[C@H]1C[C@H]2C=CCCCN2C1=O. The highest BCUT2D eigenvalue weighted by molar-refractivity contribution is 5.83. The van der Waals surface area contributed by atoms with Crippen molar-refractivity contribution in [3.8, 4) is 0 Å². The molecule has 2 aliphatic heterocycles. The summed E-state index contributed by atoms with van der Waals surface area (Å²) < 4.78 is 0. The molecule has 0 unspecified atom stereocenters. The summed E-state index contributed by atoms with van der Waals surface area (Å²) in [5.74, 6) is 0.333. The lowest BCUT2D eigenvalue weighted by atomic mass is 10.1. The maximum absolute atomic E-state index is 11.7. The zero-order chi connectivity index (χ0) is 9.26. The van der Waals surface area contributed by atoms with E-state index in [9.17, 15) is 4.79 Å². The highest BCUT2D eigenvalue weighted by Crippen LogP contribution is 2.28. The second-order valence-corrected chi connectivity index (χ2v) is 3.75. The monoisotopic (exact) mass is 177 g/mol. The average molecular weight is 177 g/mol. The smallest absolute Gasteiger partial charge is 0.230 e. The van der Waals surface area contributed by atoms with E-state index in [4.69, 9.17) is 0 Å². The Hall–Kier alpha value is -1.05. The van der Waals surface area contributed by atoms with Gasteiger partial charge in [-0.05, 0) is 19.3 Å². The average Bonchev–Trinajstić information content (AvgIpc) is 2.37. The molecule has 2 nitrogen and oxygen atoms in total. The number of nitrogens with zero attached hydrogens (tertiary/aromatic N) is 1. The fourth-order valence-corrected chi connectivity index (χ4v) is 2.15. The largest absolute Gasteiger partial charge is 0.336 e. The molecule has 13 heavy (non-hydrogen) atoms. The van der Waals surface area contributed by atoms with Crippen molar-refractivity contribution in [1.82, 2.24) is 4.90 Å². The van der Waals surface area contributed by atoms with Crippen LogP contribution in [0.1, 0.15) is 19.3 Å². The van der Waals surface area contributed by atoms with Crippen molar-refractivity contribution >= 4 is 5.91 Å². The van der Waals surface area contributed by atoms with Gasteiger partial charge in [0, 0.05) is 6.54 Å². The highest BCUT2D eigenvalue weighted by atomic mass is 16.2. The second kappa shape index (κ2) is 3.36. The minimum Gasteiger partial charge on any atom is -0.336 e. The molecule has 2 heterocycles. The first-order valence-corrected chi connectivity index (χ1v) is 4.92. The van der Waals surface area contributed by atoms with Gasteiger partial charge in [0.05, 0.1) is 12.0 Å². The van der Waals surface area contributed by atoms with Crippen molar-refractivity contribution in [3.63, 3.8) is 0 Å². The highest BCUT2D eigenvalue weighted by Gasteiger charge is 2.36. The van der Waals surface area contributed by atoms with Crippen LogP contribution in [0.5, 0.6) is 0 Å². The number of carbonyl (C=O) groups excluding carboxylic acids is 1. The molecule has 2 heteroatoms. The zero-order valence-electron chi connectivity index (χ0n) is 7.78. The summed E-state index contributed by atoms with van der Waals surface area (Å²) in [5.41, 5.74) is 0. The molecule has 70 valence electrons. The number of hydrogen-bond acceptors (Lipinski definition) is 1. The molecule has 0 spiro atoms. The molecule has 0 bridgehead atoms. The van der Waals surface area contributed by atoms with E-state index in [2.05, 4.69) is 18.7 Å². The van der Waals surface area contributed by atoms with E-state index in [0.29, 0.717) is 6.04 Å². The van der Waals surface area contributed by atoms with Crippen LogP contribution in [0.25, 0.3) is 0 Å². The summed E-state index contributed by atoms with van der Waals surface area (Å²) in [6.45, 7) is 4.62. The van der Waals surface area contributed by atoms with Crippen LogP contribution in [0.2, 0.25) is 0 Å². The van der Waals surface area contributed by atoms with Crippen LogP contribution < -0.4 is 0 Å². The van der Waals surface area contributed by atoms with E-state index in [1.54, 1.807) is 6.08 Å². The summed E-state index contributed by atoms with van der Waals surface area (Å²) in [5, 5.41) is 0. The Bertz CT molecular complexity index is 257. The molecule has 1 saturated heterocycles. The molecule has 0 radical (unpaired) electrons. The van der Waals surface area contributed by atoms with E-state index in [0.717, 1.165) is 25.8 Å². The summed E-state index contributed by atoms with van der Waals surface area (Å²) in [4.78, 5) is 13.7.